The maximum Gasteiger partial charge on any atom is 0.297 e. The first-order chi connectivity index (χ1) is 15.3. The van der Waals surface area contributed by atoms with E-state index in [1.807, 2.05) is 0 Å². The molecule has 0 spiro atoms. The van der Waals surface area contributed by atoms with Gasteiger partial charge in [0.05, 0.1) is 12.1 Å². The summed E-state index contributed by atoms with van der Waals surface area (Å²) in [6.45, 7) is 1.64. The Bertz CT molecular complexity index is 1190. The molecule has 0 N–H and O–H groups in total. The zero-order chi connectivity index (χ0) is 23.0. The maximum absolute atomic E-state index is 13.4. The number of hydrogen-bond donors (Lipinski definition) is 0. The van der Waals surface area contributed by atoms with E-state index in [0.29, 0.717) is 22.4 Å². The fourth-order valence-corrected chi connectivity index (χ4v) is 3.75. The van der Waals surface area contributed by atoms with Gasteiger partial charge >= 0.3 is 0 Å². The van der Waals surface area contributed by atoms with Gasteiger partial charge in [0, 0.05) is 17.1 Å². The van der Waals surface area contributed by atoms with Crippen molar-refractivity contribution in [3.63, 3.8) is 0 Å². The summed E-state index contributed by atoms with van der Waals surface area (Å²) in [6.07, 6.45) is 0.0636. The molecule has 2 heterocycles. The Labute approximate surface area is 187 Å². The molecule has 1 aliphatic rings. The molecule has 10 heteroatoms. The Morgan fingerprint density at radius 2 is 1.94 bits per heavy atom. The Morgan fingerprint density at radius 3 is 2.53 bits per heavy atom. The number of halogens is 3. The van der Waals surface area contributed by atoms with Gasteiger partial charge in [0.15, 0.2) is 5.65 Å². The first kappa shape index (κ1) is 22.0. The van der Waals surface area contributed by atoms with E-state index >= 15 is 0 Å². The molecule has 1 aliphatic carbocycles. The van der Waals surface area contributed by atoms with Crippen LogP contribution >= 0.6 is 11.6 Å². The van der Waals surface area contributed by atoms with Crippen molar-refractivity contribution in [3.05, 3.63) is 58.5 Å². The first-order valence-electron chi connectivity index (χ1n) is 9.99. The van der Waals surface area contributed by atoms with Crippen molar-refractivity contribution in [2.75, 3.05) is 4.90 Å². The molecule has 1 saturated carbocycles. The molecule has 0 bridgehead atoms. The third-order valence-corrected chi connectivity index (χ3v) is 5.67. The first-order valence-corrected chi connectivity index (χ1v) is 10.4. The van der Waals surface area contributed by atoms with Crippen LogP contribution in [0.4, 0.5) is 14.5 Å². The zero-order valence-corrected chi connectivity index (χ0v) is 17.8. The molecule has 1 fully saturated rings. The highest BCUT2D eigenvalue weighted by molar-refractivity contribution is 6.30. The molecule has 7 nitrogen and oxygen atoms in total. The van der Waals surface area contributed by atoms with Crippen molar-refractivity contribution >= 4 is 40.9 Å². The smallest absolute Gasteiger partial charge is 0.297 e. The molecule has 1 aromatic carbocycles. The van der Waals surface area contributed by atoms with Crippen LogP contribution in [0.15, 0.2) is 36.5 Å². The van der Waals surface area contributed by atoms with Gasteiger partial charge in [-0.15, -0.1) is 10.2 Å². The number of aldehydes is 1. The van der Waals surface area contributed by atoms with Gasteiger partial charge in [0.2, 0.25) is 11.7 Å². The predicted octanol–water partition coefficient (Wildman–Crippen LogP) is 4.27. The van der Waals surface area contributed by atoms with Gasteiger partial charge in [0.1, 0.15) is 18.1 Å². The number of aromatic nitrogens is 3. The number of hydrogen-bond acceptors (Lipinski definition) is 5. The standard InChI is InChI=1S/C22H19ClF2N4O3/c1-12-8-16(10-28-21(12)26-27-22(28)20(24)25)29(19(32)9-18(31)14-2-3-14)17(11-30)13-4-6-15(23)7-5-13/h4-8,10-11,14,17,20H,2-3,9H2,1H3. The molecule has 3 aromatic rings. The normalized spacial score (nSPS) is 14.5. The lowest BCUT2D eigenvalue weighted by Gasteiger charge is -2.29. The largest absolute Gasteiger partial charge is 0.301 e. The molecule has 1 amide bonds. The van der Waals surface area contributed by atoms with Crippen LogP contribution < -0.4 is 4.90 Å². The molecule has 0 aliphatic heterocycles. The Hall–Kier alpha value is -3.20. The molecule has 0 radical (unpaired) electrons. The summed E-state index contributed by atoms with van der Waals surface area (Å²) in [6, 6.07) is 6.82. The topological polar surface area (TPSA) is 84.6 Å². The van der Waals surface area contributed by atoms with Gasteiger partial charge in [-0.05, 0) is 49.1 Å². The van der Waals surface area contributed by atoms with Crippen LogP contribution in [0, 0.1) is 12.8 Å². The molecule has 32 heavy (non-hydrogen) atoms. The number of aryl methyl sites for hydroxylation is 1. The third kappa shape index (κ3) is 4.25. The fourth-order valence-electron chi connectivity index (χ4n) is 3.63. The minimum atomic E-state index is -2.89. The maximum atomic E-state index is 13.4. The number of rotatable bonds is 8. The van der Waals surface area contributed by atoms with Crippen LogP contribution in [0.1, 0.15) is 48.7 Å². The number of carbonyl (C=O) groups excluding carboxylic acids is 3. The second kappa shape index (κ2) is 8.74. The average molecular weight is 461 g/mol. The monoisotopic (exact) mass is 460 g/mol. The highest BCUT2D eigenvalue weighted by Crippen LogP contribution is 2.34. The van der Waals surface area contributed by atoms with Crippen molar-refractivity contribution in [1.82, 2.24) is 14.6 Å². The highest BCUT2D eigenvalue weighted by Gasteiger charge is 2.35. The van der Waals surface area contributed by atoms with Crippen LogP contribution in [0.3, 0.4) is 0 Å². The quantitative estimate of drug-likeness (QED) is 0.370. The van der Waals surface area contributed by atoms with Crippen molar-refractivity contribution in [3.8, 4) is 0 Å². The average Bonchev–Trinajstić information content (AvgIpc) is 3.51. The SMILES string of the molecule is Cc1cc(N(C(=O)CC(=O)C2CC2)C(C=O)c2ccc(Cl)cc2)cn2c(C(F)F)nnc12. The van der Waals surface area contributed by atoms with Gasteiger partial charge < -0.3 is 4.79 Å². The number of anilines is 1. The second-order valence-corrected chi connectivity index (χ2v) is 8.18. The number of alkyl halides is 2. The number of carbonyl (C=O) groups is 3. The van der Waals surface area contributed by atoms with E-state index in [4.69, 9.17) is 11.6 Å². The minimum Gasteiger partial charge on any atom is -0.301 e. The van der Waals surface area contributed by atoms with E-state index in [1.165, 1.54) is 6.20 Å². The summed E-state index contributed by atoms with van der Waals surface area (Å²) >= 11 is 5.95. The molecular formula is C22H19ClF2N4O3. The molecular weight excluding hydrogens is 442 g/mol. The number of nitrogens with zero attached hydrogens (tertiary/aromatic N) is 4. The Kier molecular flexibility index (Phi) is 6.01. The van der Waals surface area contributed by atoms with Crippen LogP contribution in [-0.2, 0) is 14.4 Å². The number of benzene rings is 1. The van der Waals surface area contributed by atoms with Gasteiger partial charge in [0.25, 0.3) is 6.43 Å². The zero-order valence-electron chi connectivity index (χ0n) is 17.0. The van der Waals surface area contributed by atoms with E-state index in [1.54, 1.807) is 37.3 Å². The van der Waals surface area contributed by atoms with Gasteiger partial charge in [-0.2, -0.15) is 0 Å². The number of ketones is 1. The molecule has 0 saturated heterocycles. The number of fused-ring (bicyclic) bond motifs is 1. The number of Topliss-reactive ketones (excluding diaryl/α,β-unsaturated/α-hetero) is 1. The Morgan fingerprint density at radius 1 is 1.25 bits per heavy atom. The molecule has 166 valence electrons. The molecule has 2 aromatic heterocycles. The van der Waals surface area contributed by atoms with E-state index in [2.05, 4.69) is 10.2 Å². The Balaban J connectivity index is 1.83. The lowest BCUT2D eigenvalue weighted by atomic mass is 10.0. The van der Waals surface area contributed by atoms with Gasteiger partial charge in [-0.1, -0.05) is 23.7 Å². The van der Waals surface area contributed by atoms with Crippen molar-refractivity contribution in [2.24, 2.45) is 5.92 Å². The summed E-state index contributed by atoms with van der Waals surface area (Å²) in [5, 5.41) is 7.77. The van der Waals surface area contributed by atoms with Crippen LogP contribution in [0.25, 0.3) is 5.65 Å². The number of pyridine rings is 1. The predicted molar refractivity (Wildman–Crippen MR) is 113 cm³/mol. The summed E-state index contributed by atoms with van der Waals surface area (Å²) in [5.74, 6) is -1.52. The fraction of sp³-hybridized carbons (Fsp3) is 0.318. The van der Waals surface area contributed by atoms with E-state index in [9.17, 15) is 23.2 Å². The van der Waals surface area contributed by atoms with Gasteiger partial charge in [-0.3, -0.25) is 18.9 Å². The van der Waals surface area contributed by atoms with Crippen LogP contribution in [0.2, 0.25) is 5.02 Å². The van der Waals surface area contributed by atoms with Gasteiger partial charge in [-0.25, -0.2) is 8.78 Å². The van der Waals surface area contributed by atoms with E-state index in [0.717, 1.165) is 22.1 Å². The summed E-state index contributed by atoms with van der Waals surface area (Å²) in [5.41, 5.74) is 1.33. The highest BCUT2D eigenvalue weighted by atomic mass is 35.5. The van der Waals surface area contributed by atoms with Crippen molar-refractivity contribution in [2.45, 2.75) is 38.7 Å². The molecule has 1 unspecified atom stereocenters. The minimum absolute atomic E-state index is 0.140. The molecule has 4 rings (SSSR count). The van der Waals surface area contributed by atoms with Crippen LogP contribution in [0.5, 0.6) is 0 Å². The van der Waals surface area contributed by atoms with Crippen molar-refractivity contribution < 1.29 is 23.2 Å². The second-order valence-electron chi connectivity index (χ2n) is 7.75. The lowest BCUT2D eigenvalue weighted by molar-refractivity contribution is -0.128. The third-order valence-electron chi connectivity index (χ3n) is 5.42. The summed E-state index contributed by atoms with van der Waals surface area (Å²) in [7, 11) is 0. The van der Waals surface area contributed by atoms with Crippen LogP contribution in [-0.4, -0.2) is 32.6 Å². The summed E-state index contributed by atoms with van der Waals surface area (Å²) in [4.78, 5) is 38.9. The van der Waals surface area contributed by atoms with E-state index in [-0.39, 0.29) is 29.5 Å². The van der Waals surface area contributed by atoms with E-state index < -0.39 is 24.2 Å². The lowest BCUT2D eigenvalue weighted by Crippen LogP contribution is -2.37. The van der Waals surface area contributed by atoms with Crippen molar-refractivity contribution in [1.29, 1.82) is 0 Å². The number of amides is 1. The summed E-state index contributed by atoms with van der Waals surface area (Å²) < 4.78 is 28.0. The molecule has 1 atom stereocenters.